The Morgan fingerprint density at radius 3 is 2.12 bits per heavy atom. The molecule has 0 spiro atoms. The van der Waals surface area contributed by atoms with E-state index in [-0.39, 0.29) is 12.0 Å². The van der Waals surface area contributed by atoms with E-state index in [9.17, 15) is 35.9 Å². The third kappa shape index (κ3) is 6.47. The predicted molar refractivity (Wildman–Crippen MR) is 108 cm³/mol. The lowest BCUT2D eigenvalue weighted by atomic mass is 9.98. The second-order valence-electron chi connectivity index (χ2n) is 7.35. The van der Waals surface area contributed by atoms with Crippen LogP contribution in [0.2, 0.25) is 0 Å². The molecule has 0 radical (unpaired) electrons. The highest BCUT2D eigenvalue weighted by atomic mass is 19.4. The van der Waals surface area contributed by atoms with Gasteiger partial charge in [0, 0.05) is 12.3 Å². The van der Waals surface area contributed by atoms with Crippen molar-refractivity contribution in [3.8, 4) is 0 Å². The summed E-state index contributed by atoms with van der Waals surface area (Å²) in [6.07, 6.45) is -8.68. The molecule has 0 bridgehead atoms. The van der Waals surface area contributed by atoms with E-state index < -0.39 is 29.9 Å². The van der Waals surface area contributed by atoms with Gasteiger partial charge in [-0.3, -0.25) is 9.59 Å². The van der Waals surface area contributed by atoms with Gasteiger partial charge in [-0.2, -0.15) is 26.3 Å². The smallest absolute Gasteiger partial charge is 0.333 e. The molecule has 174 valence electrons. The Kier molecular flexibility index (Phi) is 6.95. The lowest BCUT2D eigenvalue weighted by molar-refractivity contribution is -0.188. The van der Waals surface area contributed by atoms with Crippen molar-refractivity contribution in [3.05, 3.63) is 106 Å². The van der Waals surface area contributed by atoms with Gasteiger partial charge in [0.2, 0.25) is 0 Å². The van der Waals surface area contributed by atoms with Crippen LogP contribution in [0.15, 0.2) is 77.7 Å². The van der Waals surface area contributed by atoms with Crippen LogP contribution in [0.3, 0.4) is 0 Å². The number of benzene rings is 2. The van der Waals surface area contributed by atoms with Gasteiger partial charge < -0.3 is 9.88 Å². The summed E-state index contributed by atoms with van der Waals surface area (Å²) in [5, 5.41) is 1.02. The fourth-order valence-electron chi connectivity index (χ4n) is 3.24. The molecule has 0 aliphatic rings. The number of amides is 1. The highest BCUT2D eigenvalue weighted by Crippen LogP contribution is 2.34. The molecule has 1 amide bonds. The van der Waals surface area contributed by atoms with Crippen LogP contribution < -0.4 is 10.9 Å². The van der Waals surface area contributed by atoms with E-state index in [0.29, 0.717) is 12.1 Å². The number of nitrogens with zero attached hydrogens (tertiary/aromatic N) is 1. The molecule has 1 N–H and O–H groups in total. The Bertz CT molecular complexity index is 1170. The topological polar surface area (TPSA) is 51.1 Å². The van der Waals surface area contributed by atoms with Crippen molar-refractivity contribution in [3.63, 3.8) is 0 Å². The molecular weight excluding hydrogens is 450 g/mol. The van der Waals surface area contributed by atoms with Gasteiger partial charge in [0.05, 0.1) is 6.54 Å². The Hall–Kier alpha value is -3.56. The van der Waals surface area contributed by atoms with E-state index in [1.54, 1.807) is 48.7 Å². The van der Waals surface area contributed by atoms with Crippen LogP contribution in [0.1, 0.15) is 28.3 Å². The fraction of sp³-hybridized carbons (Fsp3) is 0.217. The number of carbonyl (C=O) groups excluding carboxylic acids is 1. The van der Waals surface area contributed by atoms with Gasteiger partial charge >= 0.3 is 18.3 Å². The lowest BCUT2D eigenvalue weighted by Gasteiger charge is -2.23. The first-order valence-electron chi connectivity index (χ1n) is 9.70. The predicted octanol–water partition coefficient (Wildman–Crippen LogP) is 4.77. The van der Waals surface area contributed by atoms with Crippen LogP contribution in [-0.4, -0.2) is 22.8 Å². The molecule has 3 aromatic rings. The van der Waals surface area contributed by atoms with Gasteiger partial charge in [0.25, 0.3) is 5.56 Å². The van der Waals surface area contributed by atoms with E-state index in [2.05, 4.69) is 0 Å². The van der Waals surface area contributed by atoms with E-state index in [4.69, 9.17) is 0 Å². The average Bonchev–Trinajstić information content (AvgIpc) is 2.73. The Morgan fingerprint density at radius 2 is 1.52 bits per heavy atom. The van der Waals surface area contributed by atoms with Gasteiger partial charge in [-0.15, -0.1) is 0 Å². The third-order valence-electron chi connectivity index (χ3n) is 4.83. The molecule has 0 aliphatic carbocycles. The maximum Gasteiger partial charge on any atom is 0.471 e. The van der Waals surface area contributed by atoms with Crippen LogP contribution in [0, 0.1) is 0 Å². The highest BCUT2D eigenvalue weighted by molar-refractivity contribution is 5.82. The number of nitrogens with one attached hydrogen (secondary N) is 1. The van der Waals surface area contributed by atoms with E-state index in [1.165, 1.54) is 16.7 Å². The number of halogens is 6. The third-order valence-corrected chi connectivity index (χ3v) is 4.83. The Balaban J connectivity index is 1.76. The molecule has 0 saturated heterocycles. The van der Waals surface area contributed by atoms with Crippen molar-refractivity contribution >= 4 is 5.91 Å². The molecule has 4 nitrogen and oxygen atoms in total. The maximum absolute atomic E-state index is 13.4. The van der Waals surface area contributed by atoms with Gasteiger partial charge in [-0.25, -0.2) is 0 Å². The Labute approximate surface area is 184 Å². The van der Waals surface area contributed by atoms with Crippen molar-refractivity contribution in [2.45, 2.75) is 31.4 Å². The zero-order chi connectivity index (χ0) is 24.2. The molecule has 1 aromatic heterocycles. The minimum Gasteiger partial charge on any atom is -0.333 e. The number of alkyl halides is 6. The van der Waals surface area contributed by atoms with Crippen LogP contribution in [0.5, 0.6) is 0 Å². The minimum absolute atomic E-state index is 0.157. The molecule has 33 heavy (non-hydrogen) atoms. The van der Waals surface area contributed by atoms with Gasteiger partial charge in [0.15, 0.2) is 6.04 Å². The second-order valence-corrected chi connectivity index (χ2v) is 7.35. The highest BCUT2D eigenvalue weighted by Gasteiger charge is 2.47. The molecular formula is C23H18F6N2O2. The molecule has 1 heterocycles. The van der Waals surface area contributed by atoms with Crippen molar-refractivity contribution < 1.29 is 31.1 Å². The molecule has 0 saturated carbocycles. The number of rotatable bonds is 6. The van der Waals surface area contributed by atoms with E-state index in [0.717, 1.165) is 28.6 Å². The summed E-state index contributed by atoms with van der Waals surface area (Å²) in [4.78, 5) is 22.9. The average molecular weight is 468 g/mol. The quantitative estimate of drug-likeness (QED) is 0.530. The number of hydrogen-bond donors (Lipinski definition) is 1. The molecule has 3 rings (SSSR count). The fourth-order valence-corrected chi connectivity index (χ4v) is 3.24. The molecule has 2 aromatic carbocycles. The first-order chi connectivity index (χ1) is 15.4. The molecule has 10 heteroatoms. The summed E-state index contributed by atoms with van der Waals surface area (Å²) in [6, 6.07) is 14.0. The van der Waals surface area contributed by atoms with Crippen LogP contribution in [-0.2, 0) is 17.8 Å². The first-order valence-corrected chi connectivity index (χ1v) is 9.70. The van der Waals surface area contributed by atoms with Crippen LogP contribution in [0.25, 0.3) is 0 Å². The summed E-state index contributed by atoms with van der Waals surface area (Å²) < 4.78 is 79.0. The van der Waals surface area contributed by atoms with Crippen molar-refractivity contribution in [1.29, 1.82) is 0 Å². The minimum atomic E-state index is -5.44. The lowest BCUT2D eigenvalue weighted by Crippen LogP contribution is -2.44. The van der Waals surface area contributed by atoms with Crippen LogP contribution in [0.4, 0.5) is 26.3 Å². The normalized spacial score (nSPS) is 12.9. The summed E-state index contributed by atoms with van der Waals surface area (Å²) in [5.74, 6) is -2.66. The van der Waals surface area contributed by atoms with Gasteiger partial charge in [-0.1, -0.05) is 54.6 Å². The second kappa shape index (κ2) is 9.51. The molecule has 0 aliphatic heterocycles. The zero-order valence-corrected chi connectivity index (χ0v) is 17.0. The summed E-state index contributed by atoms with van der Waals surface area (Å²) in [5.41, 5.74) is 1.36. The summed E-state index contributed by atoms with van der Waals surface area (Å²) in [6.45, 7) is 0.349. The van der Waals surface area contributed by atoms with Gasteiger partial charge in [0.1, 0.15) is 0 Å². The van der Waals surface area contributed by atoms with E-state index >= 15 is 0 Å². The summed E-state index contributed by atoms with van der Waals surface area (Å²) in [7, 11) is 0. The largest absolute Gasteiger partial charge is 0.471 e. The first kappa shape index (κ1) is 24.1. The number of pyridine rings is 1. The summed E-state index contributed by atoms with van der Waals surface area (Å²) >= 11 is 0. The van der Waals surface area contributed by atoms with Crippen molar-refractivity contribution in [2.24, 2.45) is 0 Å². The van der Waals surface area contributed by atoms with Crippen LogP contribution >= 0.6 is 0 Å². The van der Waals surface area contributed by atoms with Crippen molar-refractivity contribution in [1.82, 2.24) is 9.88 Å². The maximum atomic E-state index is 13.4. The molecule has 1 unspecified atom stereocenters. The Morgan fingerprint density at radius 1 is 0.848 bits per heavy atom. The van der Waals surface area contributed by atoms with Crippen molar-refractivity contribution in [2.75, 3.05) is 0 Å². The molecule has 1 atom stereocenters. The standard InChI is InChI=1S/C23H18F6N2O2/c24-22(25,26)20(30-21(33)23(27,28)29)18-5-3-4-17(13-18)12-15-7-9-16(10-8-15)14-31-11-2-1-6-19(31)32/h1-11,13,20H,12,14H2,(H,30,33). The SMILES string of the molecule is O=C(NC(c1cccc(Cc2ccc(Cn3ccccc3=O)cc2)c1)C(F)(F)F)C(F)(F)F. The number of aromatic nitrogens is 1. The monoisotopic (exact) mass is 468 g/mol. The molecule has 0 fully saturated rings. The zero-order valence-electron chi connectivity index (χ0n) is 17.0. The van der Waals surface area contributed by atoms with Gasteiger partial charge in [-0.05, 0) is 34.7 Å². The number of carbonyl (C=O) groups is 1. The van der Waals surface area contributed by atoms with E-state index in [1.807, 2.05) is 0 Å². The number of hydrogen-bond acceptors (Lipinski definition) is 2.